The molecule has 0 radical (unpaired) electrons. The second kappa shape index (κ2) is 8.57. The fourth-order valence-corrected chi connectivity index (χ4v) is 1.96. The second-order valence-electron chi connectivity index (χ2n) is 6.01. The molecule has 22 heavy (non-hydrogen) atoms. The van der Waals surface area contributed by atoms with Crippen LogP contribution in [0.1, 0.15) is 63.7 Å². The third kappa shape index (κ3) is 5.17. The molecule has 122 valence electrons. The fraction of sp³-hybridized carbons (Fsp3) is 0.556. The number of benzene rings is 1. The van der Waals surface area contributed by atoms with Crippen molar-refractivity contribution in [1.82, 2.24) is 0 Å². The summed E-state index contributed by atoms with van der Waals surface area (Å²) >= 11 is 0. The molecule has 0 aromatic heterocycles. The number of esters is 2. The number of unbranched alkanes of at least 4 members (excludes halogenated alkanes) is 1. The first-order chi connectivity index (χ1) is 10.4. The molecule has 0 N–H and O–H groups in total. The molecule has 4 nitrogen and oxygen atoms in total. The standard InChI is InChI=1S/C18H26O4/c1-5-7-12-18(3,4)17(20)22-15-11-9-8-10-14(15)16(19)21-13-6-2/h8-11H,5-7,12-13H2,1-4H3. The van der Waals surface area contributed by atoms with Crippen molar-refractivity contribution in [2.24, 2.45) is 5.41 Å². The van der Waals surface area contributed by atoms with E-state index in [0.29, 0.717) is 6.61 Å². The third-order valence-corrected chi connectivity index (χ3v) is 3.45. The summed E-state index contributed by atoms with van der Waals surface area (Å²) in [5, 5.41) is 0. The van der Waals surface area contributed by atoms with Gasteiger partial charge < -0.3 is 9.47 Å². The van der Waals surface area contributed by atoms with Crippen molar-refractivity contribution in [3.63, 3.8) is 0 Å². The summed E-state index contributed by atoms with van der Waals surface area (Å²) in [5.74, 6) is -0.522. The molecule has 1 aromatic carbocycles. The predicted molar refractivity (Wildman–Crippen MR) is 86.0 cm³/mol. The Bertz CT molecular complexity index is 506. The third-order valence-electron chi connectivity index (χ3n) is 3.45. The molecule has 0 aliphatic carbocycles. The number of carbonyl (C=O) groups excluding carboxylic acids is 2. The summed E-state index contributed by atoms with van der Waals surface area (Å²) in [6, 6.07) is 6.69. The van der Waals surface area contributed by atoms with E-state index in [1.807, 2.05) is 20.8 Å². The topological polar surface area (TPSA) is 52.6 Å². The van der Waals surface area contributed by atoms with Crippen LogP contribution in [-0.2, 0) is 9.53 Å². The zero-order valence-electron chi connectivity index (χ0n) is 14.0. The Labute approximate surface area is 132 Å². The van der Waals surface area contributed by atoms with Crippen molar-refractivity contribution >= 4 is 11.9 Å². The summed E-state index contributed by atoms with van der Waals surface area (Å²) in [5.41, 5.74) is -0.285. The lowest BCUT2D eigenvalue weighted by Gasteiger charge is -2.22. The molecule has 1 aromatic rings. The smallest absolute Gasteiger partial charge is 0.341 e. The van der Waals surface area contributed by atoms with Crippen molar-refractivity contribution in [1.29, 1.82) is 0 Å². The van der Waals surface area contributed by atoms with Crippen LogP contribution < -0.4 is 4.74 Å². The highest BCUT2D eigenvalue weighted by Crippen LogP contribution is 2.28. The molecular weight excluding hydrogens is 280 g/mol. The molecule has 0 aliphatic rings. The molecule has 0 amide bonds. The van der Waals surface area contributed by atoms with Crippen LogP contribution >= 0.6 is 0 Å². The molecule has 0 spiro atoms. The van der Waals surface area contributed by atoms with Gasteiger partial charge in [0.05, 0.1) is 12.0 Å². The van der Waals surface area contributed by atoms with E-state index in [9.17, 15) is 9.59 Å². The molecule has 0 bridgehead atoms. The van der Waals surface area contributed by atoms with Crippen LogP contribution in [0.5, 0.6) is 5.75 Å². The van der Waals surface area contributed by atoms with Crippen LogP contribution in [0, 0.1) is 5.41 Å². The van der Waals surface area contributed by atoms with Gasteiger partial charge in [-0.2, -0.15) is 0 Å². The number of carbonyl (C=O) groups is 2. The van der Waals surface area contributed by atoms with Crippen molar-refractivity contribution in [3.8, 4) is 5.75 Å². The first-order valence-electron chi connectivity index (χ1n) is 7.90. The van der Waals surface area contributed by atoms with Gasteiger partial charge >= 0.3 is 11.9 Å². The molecule has 0 saturated carbocycles. The van der Waals surface area contributed by atoms with Crippen LogP contribution in [0.25, 0.3) is 0 Å². The van der Waals surface area contributed by atoms with Crippen LogP contribution in [-0.4, -0.2) is 18.5 Å². The van der Waals surface area contributed by atoms with Crippen molar-refractivity contribution in [2.75, 3.05) is 6.61 Å². The zero-order chi connectivity index (χ0) is 16.6. The molecule has 0 fully saturated rings. The van der Waals surface area contributed by atoms with Gasteiger partial charge in [0.15, 0.2) is 0 Å². The minimum atomic E-state index is -0.573. The molecule has 1 rings (SSSR count). The van der Waals surface area contributed by atoms with Crippen molar-refractivity contribution in [3.05, 3.63) is 29.8 Å². The lowest BCUT2D eigenvalue weighted by atomic mass is 9.87. The Kier molecular flexibility index (Phi) is 7.09. The van der Waals surface area contributed by atoms with E-state index in [1.54, 1.807) is 24.3 Å². The lowest BCUT2D eigenvalue weighted by Crippen LogP contribution is -2.29. The molecule has 0 heterocycles. The van der Waals surface area contributed by atoms with Gasteiger partial charge in [-0.3, -0.25) is 4.79 Å². The maximum Gasteiger partial charge on any atom is 0.341 e. The average Bonchev–Trinajstić information content (AvgIpc) is 2.51. The summed E-state index contributed by atoms with van der Waals surface area (Å²) < 4.78 is 10.6. The first kappa shape index (κ1) is 18.2. The SMILES string of the molecule is CCCCC(C)(C)C(=O)Oc1ccccc1C(=O)OCCC. The van der Waals surface area contributed by atoms with Crippen molar-refractivity contribution < 1.29 is 19.1 Å². The molecule has 0 aliphatic heterocycles. The van der Waals surface area contributed by atoms with Gasteiger partial charge in [0.2, 0.25) is 0 Å². The Hall–Kier alpha value is -1.84. The molecular formula is C18H26O4. The summed E-state index contributed by atoms with van der Waals surface area (Å²) in [4.78, 5) is 24.4. The van der Waals surface area contributed by atoms with E-state index in [2.05, 4.69) is 6.92 Å². The minimum Gasteiger partial charge on any atom is -0.462 e. The molecule has 0 saturated heterocycles. The predicted octanol–water partition coefficient (Wildman–Crippen LogP) is 4.38. The van der Waals surface area contributed by atoms with Gasteiger partial charge in [-0.1, -0.05) is 38.8 Å². The summed E-state index contributed by atoms with van der Waals surface area (Å²) in [6.07, 6.45) is 3.49. The van der Waals surface area contributed by atoms with E-state index in [0.717, 1.165) is 25.7 Å². The average molecular weight is 306 g/mol. The Morgan fingerprint density at radius 3 is 2.41 bits per heavy atom. The second-order valence-corrected chi connectivity index (χ2v) is 6.01. The Balaban J connectivity index is 2.85. The van der Waals surface area contributed by atoms with Gasteiger partial charge in [-0.15, -0.1) is 0 Å². The summed E-state index contributed by atoms with van der Waals surface area (Å²) in [7, 11) is 0. The number of hydrogen-bond acceptors (Lipinski definition) is 4. The minimum absolute atomic E-state index is 0.262. The fourth-order valence-electron chi connectivity index (χ4n) is 1.96. The monoisotopic (exact) mass is 306 g/mol. The van der Waals surface area contributed by atoms with E-state index < -0.39 is 11.4 Å². The van der Waals surface area contributed by atoms with Crippen LogP contribution in [0.4, 0.5) is 0 Å². The van der Waals surface area contributed by atoms with Gasteiger partial charge in [0, 0.05) is 0 Å². The van der Waals surface area contributed by atoms with E-state index >= 15 is 0 Å². The van der Waals surface area contributed by atoms with Gasteiger partial charge in [-0.25, -0.2) is 4.79 Å². The largest absolute Gasteiger partial charge is 0.462 e. The van der Waals surface area contributed by atoms with Crippen LogP contribution in [0.2, 0.25) is 0 Å². The highest BCUT2D eigenvalue weighted by Gasteiger charge is 2.30. The van der Waals surface area contributed by atoms with Crippen LogP contribution in [0.15, 0.2) is 24.3 Å². The number of rotatable bonds is 8. The quantitative estimate of drug-likeness (QED) is 0.528. The molecule has 4 heteroatoms. The first-order valence-corrected chi connectivity index (χ1v) is 7.90. The number of ether oxygens (including phenoxy) is 2. The zero-order valence-corrected chi connectivity index (χ0v) is 14.0. The Morgan fingerprint density at radius 2 is 1.77 bits per heavy atom. The lowest BCUT2D eigenvalue weighted by molar-refractivity contribution is -0.144. The highest BCUT2D eigenvalue weighted by molar-refractivity contribution is 5.93. The molecule has 0 unspecified atom stereocenters. The molecule has 0 atom stereocenters. The van der Waals surface area contributed by atoms with E-state index in [1.165, 1.54) is 0 Å². The highest BCUT2D eigenvalue weighted by atomic mass is 16.5. The van der Waals surface area contributed by atoms with E-state index in [4.69, 9.17) is 9.47 Å². The maximum atomic E-state index is 12.4. The van der Waals surface area contributed by atoms with Crippen LogP contribution in [0.3, 0.4) is 0 Å². The van der Waals surface area contributed by atoms with Gasteiger partial charge in [0.25, 0.3) is 0 Å². The van der Waals surface area contributed by atoms with Crippen molar-refractivity contribution in [2.45, 2.75) is 53.4 Å². The number of hydrogen-bond donors (Lipinski definition) is 0. The van der Waals surface area contributed by atoms with Gasteiger partial charge in [-0.05, 0) is 38.8 Å². The normalized spacial score (nSPS) is 11.1. The maximum absolute atomic E-state index is 12.4. The summed E-state index contributed by atoms with van der Waals surface area (Å²) in [6.45, 7) is 8.09. The number of para-hydroxylation sites is 1. The van der Waals surface area contributed by atoms with E-state index in [-0.39, 0.29) is 17.3 Å². The van der Waals surface area contributed by atoms with Gasteiger partial charge in [0.1, 0.15) is 11.3 Å². The Morgan fingerprint density at radius 1 is 1.09 bits per heavy atom.